The third-order valence-corrected chi connectivity index (χ3v) is 3.54. The first-order chi connectivity index (χ1) is 11.7. The molecule has 0 aliphatic carbocycles. The molecule has 1 aromatic rings. The Kier molecular flexibility index (Phi) is 9.81. The molecule has 2 amide bonds. The maximum atomic E-state index is 12.0. The number of amides is 2. The predicted molar refractivity (Wildman–Crippen MR) is 108 cm³/mol. The number of hydrogen-bond donors (Lipinski definition) is 3. The van der Waals surface area contributed by atoms with Crippen LogP contribution in [0.3, 0.4) is 0 Å². The molecule has 25 heavy (non-hydrogen) atoms. The smallest absolute Gasteiger partial charge is 0.246 e. The van der Waals surface area contributed by atoms with Crippen LogP contribution in [0.25, 0.3) is 0 Å². The lowest BCUT2D eigenvalue weighted by Crippen LogP contribution is -2.44. The van der Waals surface area contributed by atoms with Gasteiger partial charge in [0.15, 0.2) is 5.96 Å². The largest absolute Gasteiger partial charge is 0.357 e. The number of aliphatic imine (C=N–C) groups is 1. The minimum Gasteiger partial charge on any atom is -0.357 e. The maximum absolute atomic E-state index is 12.0. The molecule has 0 spiro atoms. The van der Waals surface area contributed by atoms with Crippen LogP contribution in [0.4, 0.5) is 5.69 Å². The van der Waals surface area contributed by atoms with Crippen LogP contribution < -0.4 is 16.0 Å². The van der Waals surface area contributed by atoms with Crippen molar-refractivity contribution in [2.75, 3.05) is 38.0 Å². The van der Waals surface area contributed by atoms with Gasteiger partial charge in [-0.1, -0.05) is 0 Å². The number of rotatable bonds is 6. The van der Waals surface area contributed by atoms with Crippen molar-refractivity contribution in [1.29, 1.82) is 0 Å². The number of carbonyl (C=O) groups is 2. The topological polar surface area (TPSA) is 98.7 Å². The van der Waals surface area contributed by atoms with Gasteiger partial charge in [0, 0.05) is 25.8 Å². The molecule has 3 N–H and O–H groups in total. The minimum absolute atomic E-state index is 0. The summed E-state index contributed by atoms with van der Waals surface area (Å²) in [6.45, 7) is 4.35. The van der Waals surface area contributed by atoms with Crippen molar-refractivity contribution in [3.63, 3.8) is 0 Å². The molecule has 2 rings (SSSR count). The SMILES string of the molecule is CCNC(=NCC(=O)Nc1cccnc1)NCC(=O)N1CCCC1.I. The van der Waals surface area contributed by atoms with Crippen LogP contribution in [-0.2, 0) is 9.59 Å². The fraction of sp³-hybridized carbons (Fsp3) is 0.500. The zero-order valence-corrected chi connectivity index (χ0v) is 16.7. The van der Waals surface area contributed by atoms with Crippen molar-refractivity contribution >= 4 is 47.4 Å². The Morgan fingerprint density at radius 1 is 1.28 bits per heavy atom. The van der Waals surface area contributed by atoms with Crippen molar-refractivity contribution in [2.24, 2.45) is 4.99 Å². The highest BCUT2D eigenvalue weighted by molar-refractivity contribution is 14.0. The van der Waals surface area contributed by atoms with Gasteiger partial charge in [-0.05, 0) is 31.9 Å². The number of halogens is 1. The van der Waals surface area contributed by atoms with Gasteiger partial charge in [0.1, 0.15) is 6.54 Å². The molecule has 2 heterocycles. The Balaban J connectivity index is 0.00000312. The maximum Gasteiger partial charge on any atom is 0.246 e. The van der Waals surface area contributed by atoms with Crippen LogP contribution in [-0.4, -0.2) is 60.4 Å². The van der Waals surface area contributed by atoms with Crippen molar-refractivity contribution in [3.8, 4) is 0 Å². The van der Waals surface area contributed by atoms with Crippen LogP contribution in [0.2, 0.25) is 0 Å². The number of hydrogen-bond acceptors (Lipinski definition) is 4. The van der Waals surface area contributed by atoms with E-state index in [1.54, 1.807) is 24.5 Å². The Hall–Kier alpha value is -1.91. The van der Waals surface area contributed by atoms with Gasteiger partial charge in [-0.2, -0.15) is 0 Å². The number of nitrogens with one attached hydrogen (secondary N) is 3. The molecule has 1 fully saturated rings. The number of carbonyl (C=O) groups excluding carboxylic acids is 2. The van der Waals surface area contributed by atoms with Crippen molar-refractivity contribution in [1.82, 2.24) is 20.5 Å². The molecule has 138 valence electrons. The molecule has 1 aliphatic heterocycles. The molecular weight excluding hydrogens is 435 g/mol. The highest BCUT2D eigenvalue weighted by atomic mass is 127. The van der Waals surface area contributed by atoms with Crippen molar-refractivity contribution in [2.45, 2.75) is 19.8 Å². The van der Waals surface area contributed by atoms with E-state index in [0.29, 0.717) is 18.2 Å². The Morgan fingerprint density at radius 2 is 2.04 bits per heavy atom. The lowest BCUT2D eigenvalue weighted by Gasteiger charge is -2.17. The molecule has 9 heteroatoms. The van der Waals surface area contributed by atoms with E-state index in [-0.39, 0.29) is 48.9 Å². The van der Waals surface area contributed by atoms with Crippen LogP contribution >= 0.6 is 24.0 Å². The molecule has 8 nitrogen and oxygen atoms in total. The second kappa shape index (κ2) is 11.6. The first kappa shape index (κ1) is 21.1. The van der Waals surface area contributed by atoms with Gasteiger partial charge in [0.05, 0.1) is 18.4 Å². The van der Waals surface area contributed by atoms with Crippen LogP contribution in [0.15, 0.2) is 29.5 Å². The molecule has 0 unspecified atom stereocenters. The molecule has 1 saturated heterocycles. The Labute approximate surface area is 164 Å². The molecule has 0 radical (unpaired) electrons. The van der Waals surface area contributed by atoms with E-state index >= 15 is 0 Å². The second-order valence-electron chi connectivity index (χ2n) is 5.43. The molecule has 1 aliphatic rings. The first-order valence-corrected chi connectivity index (χ1v) is 8.19. The van der Waals surface area contributed by atoms with E-state index in [1.807, 2.05) is 11.8 Å². The van der Waals surface area contributed by atoms with Crippen LogP contribution in [0, 0.1) is 0 Å². The average Bonchev–Trinajstić information content (AvgIpc) is 3.12. The Morgan fingerprint density at radius 3 is 2.68 bits per heavy atom. The number of likely N-dealkylation sites (tertiary alicyclic amines) is 1. The van der Waals surface area contributed by atoms with Gasteiger partial charge in [0.25, 0.3) is 0 Å². The van der Waals surface area contributed by atoms with Crippen LogP contribution in [0.1, 0.15) is 19.8 Å². The third-order valence-electron chi connectivity index (χ3n) is 3.54. The van der Waals surface area contributed by atoms with Gasteiger partial charge < -0.3 is 20.9 Å². The minimum atomic E-state index is -0.244. The number of pyridine rings is 1. The summed E-state index contributed by atoms with van der Waals surface area (Å²) in [7, 11) is 0. The van der Waals surface area contributed by atoms with Crippen molar-refractivity contribution < 1.29 is 9.59 Å². The zero-order valence-electron chi connectivity index (χ0n) is 14.3. The first-order valence-electron chi connectivity index (χ1n) is 8.19. The number of guanidine groups is 1. The summed E-state index contributed by atoms with van der Waals surface area (Å²) >= 11 is 0. The highest BCUT2D eigenvalue weighted by Gasteiger charge is 2.17. The van der Waals surface area contributed by atoms with Gasteiger partial charge in [-0.25, -0.2) is 4.99 Å². The van der Waals surface area contributed by atoms with E-state index < -0.39 is 0 Å². The number of anilines is 1. The normalized spacial score (nSPS) is 13.8. The lowest BCUT2D eigenvalue weighted by atomic mass is 10.4. The van der Waals surface area contributed by atoms with E-state index in [9.17, 15) is 9.59 Å². The van der Waals surface area contributed by atoms with E-state index in [2.05, 4.69) is 25.9 Å². The molecular formula is C16H25IN6O2. The standard InChI is InChI=1S/C16H24N6O2.HI/c1-2-18-16(20-12-15(24)22-8-3-4-9-22)19-11-14(23)21-13-6-5-7-17-10-13;/h5-7,10H,2-4,8-9,11-12H2,1H3,(H,21,23)(H2,18,19,20);1H. The summed E-state index contributed by atoms with van der Waals surface area (Å²) in [5, 5.41) is 8.71. The number of nitrogens with zero attached hydrogens (tertiary/aromatic N) is 3. The molecule has 0 aromatic carbocycles. The summed E-state index contributed by atoms with van der Waals surface area (Å²) < 4.78 is 0. The number of aromatic nitrogens is 1. The highest BCUT2D eigenvalue weighted by Crippen LogP contribution is 2.06. The van der Waals surface area contributed by atoms with Gasteiger partial charge in [-0.15, -0.1) is 24.0 Å². The van der Waals surface area contributed by atoms with E-state index in [1.165, 1.54) is 0 Å². The average molecular weight is 460 g/mol. The molecule has 0 saturated carbocycles. The summed E-state index contributed by atoms with van der Waals surface area (Å²) in [5.74, 6) is 0.260. The Bertz CT molecular complexity index is 575. The second-order valence-corrected chi connectivity index (χ2v) is 5.43. The van der Waals surface area contributed by atoms with Gasteiger partial charge >= 0.3 is 0 Å². The quantitative estimate of drug-likeness (QED) is 0.332. The van der Waals surface area contributed by atoms with Crippen LogP contribution in [0.5, 0.6) is 0 Å². The summed E-state index contributed by atoms with van der Waals surface area (Å²) in [6.07, 6.45) is 5.33. The lowest BCUT2D eigenvalue weighted by molar-refractivity contribution is -0.128. The molecule has 1 aromatic heterocycles. The summed E-state index contributed by atoms with van der Waals surface area (Å²) in [5.41, 5.74) is 0.625. The fourth-order valence-electron chi connectivity index (χ4n) is 2.37. The summed E-state index contributed by atoms with van der Waals surface area (Å²) in [6, 6.07) is 3.50. The van der Waals surface area contributed by atoms with Gasteiger partial charge in [0.2, 0.25) is 11.8 Å². The monoisotopic (exact) mass is 460 g/mol. The fourth-order valence-corrected chi connectivity index (χ4v) is 2.37. The molecule has 0 bridgehead atoms. The summed E-state index contributed by atoms with van der Waals surface area (Å²) in [4.78, 5) is 33.9. The zero-order chi connectivity index (χ0) is 17.2. The van der Waals surface area contributed by atoms with E-state index in [0.717, 1.165) is 25.9 Å². The molecule has 0 atom stereocenters. The van der Waals surface area contributed by atoms with Gasteiger partial charge in [-0.3, -0.25) is 14.6 Å². The predicted octanol–water partition coefficient (Wildman–Crippen LogP) is 0.816. The van der Waals surface area contributed by atoms with Crippen molar-refractivity contribution in [3.05, 3.63) is 24.5 Å². The van der Waals surface area contributed by atoms with E-state index in [4.69, 9.17) is 0 Å². The third kappa shape index (κ3) is 7.67.